The number of carbonyl (C=O) groups excluding carboxylic acids is 5. The van der Waals surface area contributed by atoms with Crippen molar-refractivity contribution in [3.8, 4) is 0 Å². The van der Waals surface area contributed by atoms with Crippen LogP contribution in [0.3, 0.4) is 0 Å². The van der Waals surface area contributed by atoms with Gasteiger partial charge < -0.3 is 65.6 Å². The van der Waals surface area contributed by atoms with Crippen LogP contribution in [0.1, 0.15) is 99.3 Å². The molecular weight excluding hydrogens is 1130 g/mol. The zero-order valence-corrected chi connectivity index (χ0v) is 50.9. The molecule has 88 heavy (non-hydrogen) atoms. The molecule has 6 amide bonds. The molecule has 3 fully saturated rings. The van der Waals surface area contributed by atoms with Gasteiger partial charge in [-0.25, -0.2) is 19.5 Å². The number of rotatable bonds is 33. The Morgan fingerprint density at radius 2 is 1.59 bits per heavy atom. The molecule has 2 saturated heterocycles. The first kappa shape index (κ1) is 65.8. The Balaban J connectivity index is 0.832. The highest BCUT2D eigenvalue weighted by Crippen LogP contribution is 2.39. The number of aromatic nitrogens is 3. The summed E-state index contributed by atoms with van der Waals surface area (Å²) in [4.78, 5) is 95.1. The first-order valence-electron chi connectivity index (χ1n) is 30.5. The van der Waals surface area contributed by atoms with Crippen molar-refractivity contribution in [3.63, 3.8) is 0 Å². The number of halogens is 1. The Morgan fingerprint density at radius 3 is 2.30 bits per heavy atom. The highest BCUT2D eigenvalue weighted by molar-refractivity contribution is 5.98. The third-order valence-corrected chi connectivity index (χ3v) is 15.9. The van der Waals surface area contributed by atoms with Crippen molar-refractivity contribution in [3.05, 3.63) is 123 Å². The van der Waals surface area contributed by atoms with E-state index in [0.717, 1.165) is 61.4 Å². The second-order valence-electron chi connectivity index (χ2n) is 23.1. The van der Waals surface area contributed by atoms with E-state index in [0.29, 0.717) is 105 Å². The smallest absolute Gasteiger partial charge is 0.407 e. The normalized spacial score (nSPS) is 16.5. The van der Waals surface area contributed by atoms with E-state index < -0.39 is 47.7 Å². The summed E-state index contributed by atoms with van der Waals surface area (Å²) >= 11 is 0. The zero-order chi connectivity index (χ0) is 62.5. The van der Waals surface area contributed by atoms with Gasteiger partial charge in [-0.1, -0.05) is 26.0 Å². The van der Waals surface area contributed by atoms with Gasteiger partial charge in [-0.2, -0.15) is 5.11 Å². The number of hydrogen-bond acceptors (Lipinski definition) is 17. The number of carbonyl (C=O) groups is 5. The second-order valence-corrected chi connectivity index (χ2v) is 23.1. The first-order chi connectivity index (χ1) is 42.5. The van der Waals surface area contributed by atoms with Crippen molar-refractivity contribution in [1.29, 1.82) is 5.53 Å². The molecule has 5 aromatic rings. The molecule has 8 N–H and O–H groups in total. The van der Waals surface area contributed by atoms with Crippen LogP contribution in [0.15, 0.2) is 89.2 Å². The van der Waals surface area contributed by atoms with Crippen molar-refractivity contribution in [2.45, 2.75) is 129 Å². The summed E-state index contributed by atoms with van der Waals surface area (Å²) in [5.41, 5.74) is 18.6. The minimum absolute atomic E-state index is 0.0159. The van der Waals surface area contributed by atoms with Gasteiger partial charge in [0.05, 0.1) is 75.3 Å². The number of amides is 6. The lowest BCUT2D eigenvalue weighted by Gasteiger charge is -2.40. The van der Waals surface area contributed by atoms with E-state index in [9.17, 15) is 28.8 Å². The van der Waals surface area contributed by atoms with Crippen molar-refractivity contribution in [2.24, 2.45) is 16.8 Å². The van der Waals surface area contributed by atoms with Crippen LogP contribution in [0.4, 0.5) is 31.0 Å². The summed E-state index contributed by atoms with van der Waals surface area (Å²) in [6, 6.07) is 15.3. The lowest BCUT2D eigenvalue weighted by molar-refractivity contribution is -0.132. The zero-order valence-electron chi connectivity index (χ0n) is 50.9. The molecule has 2 aromatic carbocycles. The van der Waals surface area contributed by atoms with Crippen LogP contribution in [0, 0.1) is 31.1 Å². The van der Waals surface area contributed by atoms with Gasteiger partial charge in [0.25, 0.3) is 0 Å². The molecule has 1 aliphatic carbocycles. The third kappa shape index (κ3) is 19.7. The Morgan fingerprint density at radius 1 is 0.830 bits per heavy atom. The number of primary amides is 1. The van der Waals surface area contributed by atoms with Crippen molar-refractivity contribution < 1.29 is 47.3 Å². The first-order valence-corrected chi connectivity index (χ1v) is 30.5. The van der Waals surface area contributed by atoms with Gasteiger partial charge in [0, 0.05) is 105 Å². The van der Waals surface area contributed by atoms with Crippen LogP contribution in [0.5, 0.6) is 0 Å². The Kier molecular flexibility index (Phi) is 24.5. The molecule has 4 atom stereocenters. The van der Waals surface area contributed by atoms with Crippen LogP contribution >= 0.6 is 0 Å². The number of nitrogens with two attached hydrogens (primary N) is 1. The van der Waals surface area contributed by atoms with Crippen LogP contribution in [-0.2, 0) is 53.0 Å². The summed E-state index contributed by atoms with van der Waals surface area (Å²) in [6.45, 7) is 13.1. The van der Waals surface area contributed by atoms with Crippen LogP contribution < -0.4 is 47.5 Å². The van der Waals surface area contributed by atoms with Gasteiger partial charge in [0.1, 0.15) is 24.5 Å². The Bertz CT molecular complexity index is 3220. The van der Waals surface area contributed by atoms with Gasteiger partial charge in [-0.3, -0.25) is 34.0 Å². The number of ether oxygens (including phenoxy) is 4. The number of hydrogen-bond donors (Lipinski definition) is 7. The number of fused-ring (bicyclic) bond motifs is 1. The highest BCUT2D eigenvalue weighted by atomic mass is 19.1. The maximum Gasteiger partial charge on any atom is 0.407 e. The van der Waals surface area contributed by atoms with E-state index >= 15 is 4.39 Å². The van der Waals surface area contributed by atoms with Crippen molar-refractivity contribution in [1.82, 2.24) is 40.7 Å². The fraction of sp³-hybridized carbons (Fsp3) is 0.524. The summed E-state index contributed by atoms with van der Waals surface area (Å²) in [5, 5.41) is 17.3. The second kappa shape index (κ2) is 32.7. The average molecular weight is 1220 g/mol. The number of nitrogens with one attached hydrogen (secondary N) is 6. The third-order valence-electron chi connectivity index (χ3n) is 15.9. The lowest BCUT2D eigenvalue weighted by Crippen LogP contribution is -2.54. The number of nitrogens with zero attached hydrogens (tertiary/aromatic N) is 7. The number of piperidine rings is 1. The predicted molar refractivity (Wildman–Crippen MR) is 330 cm³/mol. The Labute approximate surface area is 512 Å². The van der Waals surface area contributed by atoms with Gasteiger partial charge in [-0.15, -0.1) is 0 Å². The number of urea groups is 1. The number of pyridine rings is 3. The number of alkyl carbamates (subject to hydrolysis) is 1. The molecule has 24 nitrogen and oxygen atoms in total. The lowest BCUT2D eigenvalue weighted by atomic mass is 10.0. The Hall–Kier alpha value is -8.13. The van der Waals surface area contributed by atoms with Crippen LogP contribution in [0.2, 0.25) is 0 Å². The van der Waals surface area contributed by atoms with Crippen molar-refractivity contribution >= 4 is 57.8 Å². The molecule has 8 rings (SSSR count). The standard InChI is InChI=1S/C63H85FN14O10/c1-41(2)58(74-57(79)19-25-85-27-29-87-30-28-86-26-22-70-66)61(82)73-54(8-5-20-68-62(65)83)60(81)71-47-12-10-44(11-13-47)40-88-63(84)72-48-18-24-76(38-48)56-33-55-52(32-53(56)64)59(80)46(37-78(55)49-15-16-49)36-77(35-45-17-21-67-43(4)31-45)51-7-6-23-75(39-51)50-14-9-42(3)69-34-50/h9-14,17,21,31-34,37,41,48-49,51,54,58,66H,5-8,15-16,18-20,22-30,35-36,38-40H2,1-4H3,(H,71,81)(H,72,84)(H,73,82)(H,74,79)(H3,65,68,83)/t48-,51+,54?,58+/m1/s1. The molecule has 1 saturated carbocycles. The highest BCUT2D eigenvalue weighted by Gasteiger charge is 2.33. The molecule has 25 heteroatoms. The quantitative estimate of drug-likeness (QED) is 0.0173. The van der Waals surface area contributed by atoms with E-state index in [2.05, 4.69) is 68.2 Å². The number of benzene rings is 2. The number of anilines is 3. The van der Waals surface area contributed by atoms with Crippen LogP contribution in [-0.4, -0.2) is 152 Å². The summed E-state index contributed by atoms with van der Waals surface area (Å²) < 4.78 is 40.4. The predicted octanol–water partition coefficient (Wildman–Crippen LogP) is 6.54. The monoisotopic (exact) mass is 1220 g/mol. The molecule has 1 unspecified atom stereocenters. The fourth-order valence-electron chi connectivity index (χ4n) is 11.0. The molecule has 3 aliphatic rings. The number of aryl methyl sites for hydroxylation is 2. The maximum atomic E-state index is 16.5. The SMILES string of the molecule is Cc1ccc(N2CCC[C@H](N(Cc3ccnc(C)c3)Cc3cn(C4CC4)c4cc(N5CC[C@@H](NC(=O)OCc6ccc(NC(=O)C(CCCNC(N)=O)NC(=O)[C@@H](NC(=O)CCOCCOCCOCCN=N)C(C)C)cc6)C5)c(F)cc4c3=O)C2)cn1. The van der Waals surface area contributed by atoms with E-state index in [1.807, 2.05) is 49.5 Å². The molecule has 0 spiro atoms. The molecule has 2 aliphatic heterocycles. The maximum absolute atomic E-state index is 16.5. The van der Waals surface area contributed by atoms with E-state index in [-0.39, 0.29) is 68.7 Å². The fourth-order valence-corrected chi connectivity index (χ4v) is 11.0. The minimum Gasteiger partial charge on any atom is -0.445 e. The molecule has 5 heterocycles. The van der Waals surface area contributed by atoms with Gasteiger partial charge in [0.2, 0.25) is 17.7 Å². The summed E-state index contributed by atoms with van der Waals surface area (Å²) in [6.07, 6.45) is 9.91. The molecule has 0 radical (unpaired) electrons. The topological polar surface area (TPSA) is 302 Å². The molecule has 474 valence electrons. The van der Waals surface area contributed by atoms with Gasteiger partial charge >= 0.3 is 12.1 Å². The molecule has 3 aromatic heterocycles. The van der Waals surface area contributed by atoms with Crippen LogP contribution in [0.25, 0.3) is 10.9 Å². The van der Waals surface area contributed by atoms with E-state index in [1.54, 1.807) is 44.2 Å². The largest absolute Gasteiger partial charge is 0.445 e. The summed E-state index contributed by atoms with van der Waals surface area (Å²) in [7, 11) is 0. The van der Waals surface area contributed by atoms with Gasteiger partial charge in [0.15, 0.2) is 5.43 Å². The minimum atomic E-state index is -1.06. The van der Waals surface area contributed by atoms with E-state index in [1.165, 1.54) is 6.07 Å². The molecular formula is C63H85FN14O10. The average Bonchev–Trinajstić information content (AvgIpc) is 1.73. The van der Waals surface area contributed by atoms with Gasteiger partial charge in [-0.05, 0) is 124 Å². The molecule has 0 bridgehead atoms. The van der Waals surface area contributed by atoms with E-state index in [4.69, 9.17) is 30.2 Å². The van der Waals surface area contributed by atoms with Crippen molar-refractivity contribution in [2.75, 3.05) is 94.0 Å². The summed E-state index contributed by atoms with van der Waals surface area (Å²) in [5.74, 6) is -2.38.